The van der Waals surface area contributed by atoms with E-state index in [4.69, 9.17) is 52.1 Å². The molecule has 0 aromatic heterocycles. The molecule has 1 fully saturated rings. The molecule has 3 aromatic carbocycles. The molecule has 34 heavy (non-hydrogen) atoms. The minimum atomic E-state index is -1.42. The van der Waals surface area contributed by atoms with Crippen molar-refractivity contribution in [3.8, 4) is 0 Å². The first-order chi connectivity index (χ1) is 16.0. The van der Waals surface area contributed by atoms with E-state index in [2.05, 4.69) is 10.6 Å². The summed E-state index contributed by atoms with van der Waals surface area (Å²) in [6.07, 6.45) is 0. The van der Waals surface area contributed by atoms with Crippen molar-refractivity contribution < 1.29 is 18.4 Å². The van der Waals surface area contributed by atoms with Gasteiger partial charge in [0.15, 0.2) is 0 Å². The largest absolute Gasteiger partial charge is 0.395 e. The Labute approximate surface area is 213 Å². The van der Waals surface area contributed by atoms with Crippen LogP contribution in [0, 0.1) is 17.6 Å². The molecular weight excluding hydrogens is 530 g/mol. The van der Waals surface area contributed by atoms with Gasteiger partial charge in [-0.1, -0.05) is 35.3 Å². The molecule has 0 bridgehead atoms. The lowest BCUT2D eigenvalue weighted by molar-refractivity contribution is -0.117. The summed E-state index contributed by atoms with van der Waals surface area (Å²) in [6, 6.07) is 12.2. The first-order valence-corrected chi connectivity index (χ1v) is 11.3. The monoisotopic (exact) mass is 543 g/mol. The number of nitrogens with two attached hydrogens (primary N) is 1. The fraction of sp³-hybridized carbons (Fsp3) is 0.130. The van der Waals surface area contributed by atoms with Crippen molar-refractivity contribution in [1.82, 2.24) is 0 Å². The highest BCUT2D eigenvalue weighted by Gasteiger charge is 2.67. The Balaban J connectivity index is 1.52. The van der Waals surface area contributed by atoms with Crippen LogP contribution in [0.15, 0.2) is 54.6 Å². The highest BCUT2D eigenvalue weighted by molar-refractivity contribution is 6.53. The molecule has 11 heteroatoms. The summed E-state index contributed by atoms with van der Waals surface area (Å²) < 4.78 is 25.7. The Morgan fingerprint density at radius 3 is 2.35 bits per heavy atom. The number of nitrogens with one attached hydrogen (secondary N) is 2. The number of benzene rings is 3. The lowest BCUT2D eigenvalue weighted by Crippen LogP contribution is -2.18. The number of nitrogen functional groups attached to an aromatic ring is 1. The summed E-state index contributed by atoms with van der Waals surface area (Å²) in [5.41, 5.74) is 6.28. The molecule has 1 aliphatic rings. The van der Waals surface area contributed by atoms with Crippen LogP contribution in [0.5, 0.6) is 0 Å². The van der Waals surface area contributed by atoms with Gasteiger partial charge in [0.25, 0.3) is 5.91 Å². The third-order valence-corrected chi connectivity index (χ3v) is 6.98. The summed E-state index contributed by atoms with van der Waals surface area (Å²) in [6.45, 7) is 0. The third kappa shape index (κ3) is 4.66. The fourth-order valence-corrected chi connectivity index (χ4v) is 4.83. The maximum atomic E-state index is 13.7. The Morgan fingerprint density at radius 2 is 1.65 bits per heavy atom. The number of halogens is 6. The molecule has 4 N–H and O–H groups in total. The molecule has 0 saturated heterocycles. The second kappa shape index (κ2) is 9.23. The molecule has 1 aliphatic carbocycles. The van der Waals surface area contributed by atoms with E-state index in [1.54, 1.807) is 0 Å². The van der Waals surface area contributed by atoms with Crippen LogP contribution >= 0.6 is 46.4 Å². The number of amides is 2. The predicted octanol–water partition coefficient (Wildman–Crippen LogP) is 6.63. The van der Waals surface area contributed by atoms with Crippen LogP contribution in [0.2, 0.25) is 10.0 Å². The molecular formula is C23H15Cl4F2N3O2. The standard InChI is InChI=1S/C23H15Cl4F2N3O2/c24-13-6-5-11(9-12(13)21(33)32-17-3-1-2-16(29)20(17)30)31-22(34)19-18(23(19,26)27)10-4-7-15(28)14(25)8-10/h1-9,18-19H,30H2,(H,31,34)(H,32,33)/t18-,19+/m0/s1. The summed E-state index contributed by atoms with van der Waals surface area (Å²) in [5.74, 6) is -3.92. The summed E-state index contributed by atoms with van der Waals surface area (Å²) in [7, 11) is 0. The Morgan fingerprint density at radius 1 is 0.912 bits per heavy atom. The van der Waals surface area contributed by atoms with E-state index in [-0.39, 0.29) is 32.7 Å². The van der Waals surface area contributed by atoms with Crippen LogP contribution in [0.25, 0.3) is 0 Å². The molecule has 4 rings (SSSR count). The highest BCUT2D eigenvalue weighted by atomic mass is 35.5. The zero-order chi connectivity index (χ0) is 24.8. The van der Waals surface area contributed by atoms with Crippen LogP contribution in [0.1, 0.15) is 21.8 Å². The van der Waals surface area contributed by atoms with Crippen molar-refractivity contribution in [3.63, 3.8) is 0 Å². The number of rotatable bonds is 5. The molecule has 0 aliphatic heterocycles. The van der Waals surface area contributed by atoms with Gasteiger partial charge in [0, 0.05) is 11.6 Å². The van der Waals surface area contributed by atoms with Crippen LogP contribution in [0.3, 0.4) is 0 Å². The number of carbonyl (C=O) groups is 2. The SMILES string of the molecule is Nc1c(F)cccc1NC(=O)c1cc(NC(=O)[C@H]2[C@H](c3ccc(F)c(Cl)c3)C2(Cl)Cl)ccc1Cl. The summed E-state index contributed by atoms with van der Waals surface area (Å²) in [5, 5.41) is 5.13. The number of anilines is 3. The molecule has 1 saturated carbocycles. The van der Waals surface area contributed by atoms with Crippen LogP contribution in [-0.4, -0.2) is 16.1 Å². The number of para-hydroxylation sites is 1. The zero-order valence-corrected chi connectivity index (χ0v) is 20.0. The second-order valence-electron chi connectivity index (χ2n) is 7.64. The van der Waals surface area contributed by atoms with Gasteiger partial charge in [0.05, 0.1) is 32.9 Å². The molecule has 0 spiro atoms. The van der Waals surface area contributed by atoms with E-state index in [1.165, 1.54) is 48.5 Å². The van der Waals surface area contributed by atoms with Crippen LogP contribution in [-0.2, 0) is 4.79 Å². The van der Waals surface area contributed by atoms with Crippen molar-refractivity contribution in [2.24, 2.45) is 5.92 Å². The number of hydrogen-bond donors (Lipinski definition) is 3. The van der Waals surface area contributed by atoms with Gasteiger partial charge >= 0.3 is 0 Å². The van der Waals surface area contributed by atoms with E-state index in [9.17, 15) is 18.4 Å². The van der Waals surface area contributed by atoms with Gasteiger partial charge < -0.3 is 16.4 Å². The van der Waals surface area contributed by atoms with Crippen molar-refractivity contribution in [2.45, 2.75) is 10.3 Å². The van der Waals surface area contributed by atoms with Crippen molar-refractivity contribution in [2.75, 3.05) is 16.4 Å². The van der Waals surface area contributed by atoms with E-state index >= 15 is 0 Å². The smallest absolute Gasteiger partial charge is 0.257 e. The molecule has 0 unspecified atom stereocenters. The van der Waals surface area contributed by atoms with Crippen LogP contribution < -0.4 is 16.4 Å². The molecule has 0 radical (unpaired) electrons. The van der Waals surface area contributed by atoms with Crippen molar-refractivity contribution in [1.29, 1.82) is 0 Å². The molecule has 2 atom stereocenters. The number of hydrogen-bond acceptors (Lipinski definition) is 3. The van der Waals surface area contributed by atoms with Gasteiger partial charge in [-0.05, 0) is 48.0 Å². The van der Waals surface area contributed by atoms with E-state index in [1.807, 2.05) is 0 Å². The minimum Gasteiger partial charge on any atom is -0.395 e. The number of carbonyl (C=O) groups excluding carboxylic acids is 2. The average molecular weight is 545 g/mol. The first kappa shape index (κ1) is 24.5. The van der Waals surface area contributed by atoms with Gasteiger partial charge in [-0.15, -0.1) is 23.2 Å². The normalized spacial score (nSPS) is 18.3. The maximum Gasteiger partial charge on any atom is 0.257 e. The Hall–Kier alpha value is -2.58. The number of alkyl halides is 2. The summed E-state index contributed by atoms with van der Waals surface area (Å²) >= 11 is 24.6. The lowest BCUT2D eigenvalue weighted by atomic mass is 10.1. The first-order valence-electron chi connectivity index (χ1n) is 9.79. The average Bonchev–Trinajstić information content (AvgIpc) is 3.36. The van der Waals surface area contributed by atoms with Gasteiger partial charge in [-0.25, -0.2) is 8.78 Å². The summed E-state index contributed by atoms with van der Waals surface area (Å²) in [4.78, 5) is 25.6. The maximum absolute atomic E-state index is 13.7. The van der Waals surface area contributed by atoms with E-state index in [0.29, 0.717) is 5.56 Å². The molecule has 5 nitrogen and oxygen atoms in total. The highest BCUT2D eigenvalue weighted by Crippen LogP contribution is 2.65. The third-order valence-electron chi connectivity index (χ3n) is 5.42. The Bertz CT molecular complexity index is 1320. The molecule has 2 amide bonds. The van der Waals surface area contributed by atoms with Gasteiger partial charge in [0.2, 0.25) is 5.91 Å². The van der Waals surface area contributed by atoms with Gasteiger partial charge in [-0.3, -0.25) is 9.59 Å². The quantitative estimate of drug-likeness (QED) is 0.249. The molecule has 3 aromatic rings. The molecule has 176 valence electrons. The fourth-order valence-electron chi connectivity index (χ4n) is 3.61. The van der Waals surface area contributed by atoms with Crippen molar-refractivity contribution in [3.05, 3.63) is 87.4 Å². The van der Waals surface area contributed by atoms with Crippen LogP contribution in [0.4, 0.5) is 25.8 Å². The van der Waals surface area contributed by atoms with Gasteiger partial charge in [-0.2, -0.15) is 0 Å². The van der Waals surface area contributed by atoms with Crippen molar-refractivity contribution >= 4 is 75.3 Å². The lowest BCUT2D eigenvalue weighted by Gasteiger charge is -2.12. The van der Waals surface area contributed by atoms with E-state index in [0.717, 1.165) is 6.07 Å². The Kier molecular flexibility index (Phi) is 6.66. The molecule has 0 heterocycles. The van der Waals surface area contributed by atoms with E-state index < -0.39 is 39.6 Å². The topological polar surface area (TPSA) is 84.2 Å². The van der Waals surface area contributed by atoms with Gasteiger partial charge in [0.1, 0.15) is 16.0 Å². The second-order valence-corrected chi connectivity index (χ2v) is 9.90. The minimum absolute atomic E-state index is 0.0174. The predicted molar refractivity (Wildman–Crippen MR) is 131 cm³/mol. The zero-order valence-electron chi connectivity index (χ0n) is 17.0.